The topological polar surface area (TPSA) is 23.6 Å². The molecule has 1 aromatic carbocycles. The van der Waals surface area contributed by atoms with Gasteiger partial charge in [0.05, 0.1) is 5.56 Å². The summed E-state index contributed by atoms with van der Waals surface area (Å²) in [6, 6.07) is 5.30. The maximum absolute atomic E-state index is 12.4. The van der Waals surface area contributed by atoms with Gasteiger partial charge in [-0.1, -0.05) is 11.6 Å². The zero-order valence-electron chi connectivity index (χ0n) is 10.3. The first kappa shape index (κ1) is 13.8. The van der Waals surface area contributed by atoms with Gasteiger partial charge in [-0.3, -0.25) is 4.79 Å². The molecule has 0 spiro atoms. The standard InChI is InChI=1S/C13H16BrClN2O/c1-16-5-2-6-17(8-7-16)13(18)11-4-3-10(15)9-12(11)14/h3-4,9H,2,5-8H2,1H3. The average Bonchev–Trinajstić information content (AvgIpc) is 2.53. The van der Waals surface area contributed by atoms with E-state index in [0.717, 1.165) is 37.1 Å². The Kier molecular flexibility index (Phi) is 4.65. The van der Waals surface area contributed by atoms with Crippen LogP contribution in [0.5, 0.6) is 0 Å². The molecule has 0 unspecified atom stereocenters. The van der Waals surface area contributed by atoms with Crippen molar-refractivity contribution in [2.45, 2.75) is 6.42 Å². The third kappa shape index (κ3) is 3.25. The summed E-state index contributed by atoms with van der Waals surface area (Å²) in [5.41, 5.74) is 0.684. The molecule has 2 rings (SSSR count). The third-order valence-corrected chi connectivity index (χ3v) is 4.06. The second-order valence-corrected chi connectivity index (χ2v) is 5.86. The van der Waals surface area contributed by atoms with E-state index in [1.54, 1.807) is 18.2 Å². The molecule has 0 aromatic heterocycles. The summed E-state index contributed by atoms with van der Waals surface area (Å²) in [5.74, 6) is 0.0776. The Morgan fingerprint density at radius 2 is 2.06 bits per heavy atom. The Morgan fingerprint density at radius 1 is 1.28 bits per heavy atom. The van der Waals surface area contributed by atoms with Crippen LogP contribution in [0, 0.1) is 0 Å². The highest BCUT2D eigenvalue weighted by atomic mass is 79.9. The van der Waals surface area contributed by atoms with Gasteiger partial charge in [0.15, 0.2) is 0 Å². The van der Waals surface area contributed by atoms with E-state index in [4.69, 9.17) is 11.6 Å². The van der Waals surface area contributed by atoms with E-state index < -0.39 is 0 Å². The highest BCUT2D eigenvalue weighted by Gasteiger charge is 2.20. The smallest absolute Gasteiger partial charge is 0.255 e. The second-order valence-electron chi connectivity index (χ2n) is 4.57. The third-order valence-electron chi connectivity index (χ3n) is 3.17. The summed E-state index contributed by atoms with van der Waals surface area (Å²) < 4.78 is 0.762. The Labute approximate surface area is 121 Å². The Balaban J connectivity index is 2.15. The summed E-state index contributed by atoms with van der Waals surface area (Å²) >= 11 is 9.29. The van der Waals surface area contributed by atoms with Crippen molar-refractivity contribution in [2.75, 3.05) is 33.2 Å². The van der Waals surface area contributed by atoms with Gasteiger partial charge in [-0.05, 0) is 54.1 Å². The number of hydrogen-bond acceptors (Lipinski definition) is 2. The van der Waals surface area contributed by atoms with Crippen LogP contribution in [-0.4, -0.2) is 48.9 Å². The maximum atomic E-state index is 12.4. The summed E-state index contributed by atoms with van der Waals surface area (Å²) in [4.78, 5) is 16.6. The lowest BCUT2D eigenvalue weighted by Crippen LogP contribution is -2.34. The molecular weight excluding hydrogens is 316 g/mol. The predicted molar refractivity (Wildman–Crippen MR) is 77.2 cm³/mol. The van der Waals surface area contributed by atoms with Gasteiger partial charge in [-0.25, -0.2) is 0 Å². The number of amides is 1. The normalized spacial score (nSPS) is 17.6. The van der Waals surface area contributed by atoms with Crippen molar-refractivity contribution in [1.82, 2.24) is 9.80 Å². The molecule has 1 saturated heterocycles. The zero-order valence-corrected chi connectivity index (χ0v) is 12.7. The van der Waals surface area contributed by atoms with Crippen LogP contribution in [0.15, 0.2) is 22.7 Å². The first-order valence-corrected chi connectivity index (χ1v) is 7.18. The molecule has 0 N–H and O–H groups in total. The number of rotatable bonds is 1. The molecule has 0 atom stereocenters. The SMILES string of the molecule is CN1CCCN(C(=O)c2ccc(Cl)cc2Br)CC1. The van der Waals surface area contributed by atoms with Crippen LogP contribution >= 0.6 is 27.5 Å². The molecule has 0 saturated carbocycles. The molecule has 0 radical (unpaired) electrons. The van der Waals surface area contributed by atoms with E-state index in [2.05, 4.69) is 27.9 Å². The molecule has 1 amide bonds. The van der Waals surface area contributed by atoms with Gasteiger partial charge in [0.25, 0.3) is 5.91 Å². The molecule has 1 aliphatic rings. The van der Waals surface area contributed by atoms with Crippen molar-refractivity contribution in [3.63, 3.8) is 0 Å². The highest BCUT2D eigenvalue weighted by molar-refractivity contribution is 9.10. The van der Waals surface area contributed by atoms with Crippen LogP contribution in [-0.2, 0) is 0 Å². The number of carbonyl (C=O) groups is 1. The lowest BCUT2D eigenvalue weighted by molar-refractivity contribution is 0.0762. The molecule has 1 aliphatic heterocycles. The second kappa shape index (κ2) is 6.04. The summed E-state index contributed by atoms with van der Waals surface area (Å²) in [6.07, 6.45) is 1.02. The number of likely N-dealkylation sites (N-methyl/N-ethyl adjacent to an activating group) is 1. The number of carbonyl (C=O) groups excluding carboxylic acids is 1. The number of halogens is 2. The van der Waals surface area contributed by atoms with Crippen molar-refractivity contribution in [2.24, 2.45) is 0 Å². The molecule has 0 bridgehead atoms. The minimum Gasteiger partial charge on any atom is -0.337 e. The zero-order chi connectivity index (χ0) is 13.1. The minimum atomic E-state index is 0.0776. The molecular formula is C13H16BrClN2O. The first-order valence-electron chi connectivity index (χ1n) is 6.01. The fraction of sp³-hybridized carbons (Fsp3) is 0.462. The molecule has 98 valence electrons. The van der Waals surface area contributed by atoms with Crippen molar-refractivity contribution in [3.8, 4) is 0 Å². The average molecular weight is 332 g/mol. The van der Waals surface area contributed by atoms with E-state index >= 15 is 0 Å². The Bertz CT molecular complexity index is 453. The monoisotopic (exact) mass is 330 g/mol. The van der Waals surface area contributed by atoms with Crippen molar-refractivity contribution < 1.29 is 4.79 Å². The van der Waals surface area contributed by atoms with Gasteiger partial charge < -0.3 is 9.80 Å². The predicted octanol–water partition coefficient (Wildman–Crippen LogP) is 2.88. The maximum Gasteiger partial charge on any atom is 0.255 e. The van der Waals surface area contributed by atoms with E-state index in [1.807, 2.05) is 4.90 Å². The van der Waals surface area contributed by atoms with Crippen LogP contribution in [0.1, 0.15) is 16.8 Å². The largest absolute Gasteiger partial charge is 0.337 e. The van der Waals surface area contributed by atoms with E-state index in [-0.39, 0.29) is 5.91 Å². The summed E-state index contributed by atoms with van der Waals surface area (Å²) in [5, 5.41) is 0.633. The molecule has 0 aliphatic carbocycles. The van der Waals surface area contributed by atoms with Gasteiger partial charge in [0.2, 0.25) is 0 Å². The fourth-order valence-electron chi connectivity index (χ4n) is 2.08. The van der Waals surface area contributed by atoms with Crippen molar-refractivity contribution in [1.29, 1.82) is 0 Å². The van der Waals surface area contributed by atoms with Gasteiger partial charge in [0.1, 0.15) is 0 Å². The first-order chi connectivity index (χ1) is 8.58. The molecule has 1 heterocycles. The molecule has 3 nitrogen and oxygen atoms in total. The number of benzene rings is 1. The Hall–Kier alpha value is -0.580. The van der Waals surface area contributed by atoms with Crippen molar-refractivity contribution >= 4 is 33.4 Å². The summed E-state index contributed by atoms with van der Waals surface area (Å²) in [7, 11) is 2.09. The lowest BCUT2D eigenvalue weighted by Gasteiger charge is -2.21. The van der Waals surface area contributed by atoms with Gasteiger partial charge in [-0.15, -0.1) is 0 Å². The van der Waals surface area contributed by atoms with Gasteiger partial charge in [-0.2, -0.15) is 0 Å². The Morgan fingerprint density at radius 3 is 2.78 bits per heavy atom. The lowest BCUT2D eigenvalue weighted by atomic mass is 10.2. The van der Waals surface area contributed by atoms with Crippen LogP contribution in [0.25, 0.3) is 0 Å². The molecule has 18 heavy (non-hydrogen) atoms. The van der Waals surface area contributed by atoms with Crippen molar-refractivity contribution in [3.05, 3.63) is 33.3 Å². The van der Waals surface area contributed by atoms with E-state index in [9.17, 15) is 4.79 Å². The van der Waals surface area contributed by atoms with Crippen LogP contribution in [0.4, 0.5) is 0 Å². The quantitative estimate of drug-likeness (QED) is 0.790. The molecule has 1 fully saturated rings. The summed E-state index contributed by atoms with van der Waals surface area (Å²) in [6.45, 7) is 3.57. The van der Waals surface area contributed by atoms with Crippen LogP contribution in [0.2, 0.25) is 5.02 Å². The highest BCUT2D eigenvalue weighted by Crippen LogP contribution is 2.23. The molecule has 1 aromatic rings. The van der Waals surface area contributed by atoms with Gasteiger partial charge >= 0.3 is 0 Å². The van der Waals surface area contributed by atoms with Crippen LogP contribution < -0.4 is 0 Å². The number of hydrogen-bond donors (Lipinski definition) is 0. The molecule has 5 heteroatoms. The van der Waals surface area contributed by atoms with E-state index in [0.29, 0.717) is 10.6 Å². The number of nitrogens with zero attached hydrogens (tertiary/aromatic N) is 2. The minimum absolute atomic E-state index is 0.0776. The van der Waals surface area contributed by atoms with Gasteiger partial charge in [0, 0.05) is 29.1 Å². The fourth-order valence-corrected chi connectivity index (χ4v) is 2.94. The van der Waals surface area contributed by atoms with E-state index in [1.165, 1.54) is 0 Å². The van der Waals surface area contributed by atoms with Crippen LogP contribution in [0.3, 0.4) is 0 Å².